The third-order valence-corrected chi connectivity index (χ3v) is 4.36. The van der Waals surface area contributed by atoms with Crippen LogP contribution in [0.4, 0.5) is 5.69 Å². The van der Waals surface area contributed by atoms with Crippen molar-refractivity contribution >= 4 is 17.5 Å². The van der Waals surface area contributed by atoms with Crippen LogP contribution < -0.4 is 0 Å². The highest BCUT2D eigenvalue weighted by atomic mass is 16.6. The molecule has 0 unspecified atom stereocenters. The topological polar surface area (TPSA) is 111 Å². The summed E-state index contributed by atoms with van der Waals surface area (Å²) in [6.07, 6.45) is 0.773. The van der Waals surface area contributed by atoms with E-state index in [0.29, 0.717) is 22.6 Å². The lowest BCUT2D eigenvalue weighted by Crippen LogP contribution is -2.24. The van der Waals surface area contributed by atoms with Crippen LogP contribution in [-0.4, -0.2) is 26.7 Å². The number of ether oxygens (including phenoxy) is 1. The van der Waals surface area contributed by atoms with E-state index in [1.54, 1.807) is 30.5 Å². The number of hydrazone groups is 1. The quantitative estimate of drug-likeness (QED) is 0.493. The van der Waals surface area contributed by atoms with Crippen LogP contribution in [0, 0.1) is 17.0 Å². The Kier molecular flexibility index (Phi) is 4.55. The van der Waals surface area contributed by atoms with Crippen LogP contribution in [0.2, 0.25) is 0 Å². The lowest BCUT2D eigenvalue weighted by Gasteiger charge is -2.16. The average Bonchev–Trinajstić information content (AvgIpc) is 3.36. The van der Waals surface area contributed by atoms with Crippen LogP contribution in [0.25, 0.3) is 11.3 Å². The first-order valence-electron chi connectivity index (χ1n) is 8.75. The van der Waals surface area contributed by atoms with Crippen molar-refractivity contribution < 1.29 is 18.9 Å². The molecule has 9 nitrogen and oxygen atoms in total. The Bertz CT molecular complexity index is 1100. The highest BCUT2D eigenvalue weighted by Gasteiger charge is 2.35. The van der Waals surface area contributed by atoms with Gasteiger partial charge in [-0.25, -0.2) is 0 Å². The number of rotatable bonds is 4. The van der Waals surface area contributed by atoms with E-state index >= 15 is 0 Å². The second-order valence-electron chi connectivity index (χ2n) is 6.43. The summed E-state index contributed by atoms with van der Waals surface area (Å²) in [6.45, 7) is 3.25. The van der Waals surface area contributed by atoms with E-state index in [-0.39, 0.29) is 17.5 Å². The number of nitrogens with zero attached hydrogens (tertiary/aromatic N) is 4. The zero-order valence-electron chi connectivity index (χ0n) is 15.6. The number of benzene rings is 1. The van der Waals surface area contributed by atoms with Crippen LogP contribution in [-0.2, 0) is 9.53 Å². The van der Waals surface area contributed by atoms with E-state index in [4.69, 9.17) is 9.15 Å². The number of amides is 1. The van der Waals surface area contributed by atoms with E-state index in [0.717, 1.165) is 5.69 Å². The molecule has 3 heterocycles. The molecule has 9 heteroatoms. The molecular formula is C20H16N4O5. The molecule has 2 aromatic heterocycles. The molecule has 1 amide bonds. The van der Waals surface area contributed by atoms with E-state index in [9.17, 15) is 14.9 Å². The van der Waals surface area contributed by atoms with E-state index in [2.05, 4.69) is 10.1 Å². The Labute approximate surface area is 165 Å². The number of hydrogen-bond acceptors (Lipinski definition) is 7. The molecule has 29 heavy (non-hydrogen) atoms. The maximum Gasteiger partial charge on any atom is 0.269 e. The van der Waals surface area contributed by atoms with E-state index in [1.807, 2.05) is 19.1 Å². The SMILES string of the molecule is CC(=O)N1N=C(c2ccc(C)nc2)O[C@@H]1c1ccc(-c2ccc([N+](=O)[O-])cc2)o1. The molecule has 0 bridgehead atoms. The number of carbonyl (C=O) groups is 1. The maximum atomic E-state index is 12.1. The summed E-state index contributed by atoms with van der Waals surface area (Å²) < 4.78 is 11.7. The predicted octanol–water partition coefficient (Wildman–Crippen LogP) is 3.80. The van der Waals surface area contributed by atoms with Crippen molar-refractivity contribution in [3.63, 3.8) is 0 Å². The van der Waals surface area contributed by atoms with Gasteiger partial charge in [-0.1, -0.05) is 0 Å². The van der Waals surface area contributed by atoms with Gasteiger partial charge in [-0.3, -0.25) is 19.9 Å². The second-order valence-corrected chi connectivity index (χ2v) is 6.43. The first kappa shape index (κ1) is 18.4. The van der Waals surface area contributed by atoms with E-state index < -0.39 is 11.2 Å². The number of hydrogen-bond donors (Lipinski definition) is 0. The van der Waals surface area contributed by atoms with E-state index in [1.165, 1.54) is 24.1 Å². The summed E-state index contributed by atoms with van der Waals surface area (Å²) in [7, 11) is 0. The predicted molar refractivity (Wildman–Crippen MR) is 103 cm³/mol. The monoisotopic (exact) mass is 392 g/mol. The minimum absolute atomic E-state index is 0.00726. The molecule has 1 aliphatic rings. The van der Waals surface area contributed by atoms with Gasteiger partial charge in [0, 0.05) is 36.5 Å². The van der Waals surface area contributed by atoms with Gasteiger partial charge in [0.15, 0.2) is 5.76 Å². The molecule has 4 rings (SSSR count). The van der Waals surface area contributed by atoms with Gasteiger partial charge in [0.25, 0.3) is 11.9 Å². The van der Waals surface area contributed by atoms with Crippen molar-refractivity contribution in [1.29, 1.82) is 0 Å². The van der Waals surface area contributed by atoms with Crippen molar-refractivity contribution in [2.24, 2.45) is 5.10 Å². The minimum Gasteiger partial charge on any atom is -0.455 e. The van der Waals surface area contributed by atoms with Crippen molar-refractivity contribution in [3.8, 4) is 11.3 Å². The van der Waals surface area contributed by atoms with Gasteiger partial charge in [0.05, 0.1) is 10.5 Å². The zero-order chi connectivity index (χ0) is 20.5. The number of nitro groups is 1. The average molecular weight is 392 g/mol. The summed E-state index contributed by atoms with van der Waals surface area (Å²) in [5, 5.41) is 16.3. The Morgan fingerprint density at radius 2 is 1.83 bits per heavy atom. The number of pyridine rings is 1. The molecule has 1 aromatic carbocycles. The molecule has 0 N–H and O–H groups in total. The molecule has 3 aromatic rings. The Morgan fingerprint density at radius 3 is 2.45 bits per heavy atom. The number of carbonyl (C=O) groups excluding carboxylic acids is 1. The van der Waals surface area contributed by atoms with Crippen LogP contribution in [0.5, 0.6) is 0 Å². The normalized spacial score (nSPS) is 15.7. The third kappa shape index (κ3) is 3.57. The maximum absolute atomic E-state index is 12.1. The van der Waals surface area contributed by atoms with Gasteiger partial charge in [0.2, 0.25) is 11.8 Å². The summed E-state index contributed by atoms with van der Waals surface area (Å²) in [5.74, 6) is 0.837. The minimum atomic E-state index is -0.851. The molecule has 0 saturated carbocycles. The van der Waals surface area contributed by atoms with Crippen LogP contribution in [0.1, 0.15) is 30.2 Å². The van der Waals surface area contributed by atoms with Gasteiger partial charge in [-0.15, -0.1) is 5.10 Å². The van der Waals surface area contributed by atoms with Gasteiger partial charge in [0.1, 0.15) is 5.76 Å². The Balaban J connectivity index is 1.60. The third-order valence-electron chi connectivity index (χ3n) is 4.36. The van der Waals surface area contributed by atoms with Crippen molar-refractivity contribution in [2.45, 2.75) is 20.1 Å². The number of non-ortho nitro benzene ring substituents is 1. The standard InChI is InChI=1S/C20H16N4O5/c1-12-3-4-15(11-21-12)19-22-23(13(2)25)20(29-19)18-10-9-17(28-18)14-5-7-16(8-6-14)24(26)27/h3-11,20H,1-2H3/t20-/m1/s1. The van der Waals surface area contributed by atoms with Crippen LogP contribution in [0.15, 0.2) is 64.2 Å². The number of aryl methyl sites for hydroxylation is 1. The molecular weight excluding hydrogens is 376 g/mol. The van der Waals surface area contributed by atoms with Crippen LogP contribution >= 0.6 is 0 Å². The number of aromatic nitrogens is 1. The molecule has 1 aliphatic heterocycles. The lowest BCUT2D eigenvalue weighted by atomic mass is 10.1. The number of nitro benzene ring substituents is 1. The summed E-state index contributed by atoms with van der Waals surface area (Å²) in [5.41, 5.74) is 2.16. The molecule has 1 atom stereocenters. The molecule has 0 saturated heterocycles. The number of furan rings is 1. The first-order chi connectivity index (χ1) is 13.9. The first-order valence-corrected chi connectivity index (χ1v) is 8.75. The van der Waals surface area contributed by atoms with Gasteiger partial charge < -0.3 is 9.15 Å². The highest BCUT2D eigenvalue weighted by Crippen LogP contribution is 2.34. The van der Waals surface area contributed by atoms with Crippen molar-refractivity contribution in [1.82, 2.24) is 9.99 Å². The summed E-state index contributed by atoms with van der Waals surface area (Å²) >= 11 is 0. The van der Waals surface area contributed by atoms with Gasteiger partial charge in [-0.05, 0) is 43.3 Å². The summed E-state index contributed by atoms with van der Waals surface area (Å²) in [6, 6.07) is 13.0. The Morgan fingerprint density at radius 1 is 1.10 bits per heavy atom. The Hall–Kier alpha value is -4.01. The largest absolute Gasteiger partial charge is 0.455 e. The molecule has 0 spiro atoms. The van der Waals surface area contributed by atoms with Crippen molar-refractivity contribution in [3.05, 3.63) is 81.9 Å². The molecule has 0 aliphatic carbocycles. The van der Waals surface area contributed by atoms with Crippen LogP contribution in [0.3, 0.4) is 0 Å². The fourth-order valence-corrected chi connectivity index (χ4v) is 2.85. The fourth-order valence-electron chi connectivity index (χ4n) is 2.85. The smallest absolute Gasteiger partial charge is 0.269 e. The summed E-state index contributed by atoms with van der Waals surface area (Å²) in [4.78, 5) is 26.6. The van der Waals surface area contributed by atoms with Crippen molar-refractivity contribution in [2.75, 3.05) is 0 Å². The molecule has 146 valence electrons. The van der Waals surface area contributed by atoms with Gasteiger partial charge in [-0.2, -0.15) is 5.01 Å². The lowest BCUT2D eigenvalue weighted by molar-refractivity contribution is -0.384. The fraction of sp³-hybridized carbons (Fsp3) is 0.150. The van der Waals surface area contributed by atoms with Gasteiger partial charge >= 0.3 is 0 Å². The molecule has 0 fully saturated rings. The highest BCUT2D eigenvalue weighted by molar-refractivity contribution is 5.96. The second kappa shape index (κ2) is 7.19. The molecule has 0 radical (unpaired) electrons. The zero-order valence-corrected chi connectivity index (χ0v) is 15.6.